The lowest BCUT2D eigenvalue weighted by Gasteiger charge is -2.30. The smallest absolute Gasteiger partial charge is 0.271 e. The van der Waals surface area contributed by atoms with Crippen molar-refractivity contribution in [1.29, 1.82) is 0 Å². The number of carbonyl (C=O) groups is 4. The number of benzene rings is 1. The molecule has 1 aliphatic carbocycles. The van der Waals surface area contributed by atoms with E-state index in [-0.39, 0.29) is 46.6 Å². The van der Waals surface area contributed by atoms with Gasteiger partial charge in [0.1, 0.15) is 23.8 Å². The summed E-state index contributed by atoms with van der Waals surface area (Å²) in [6, 6.07) is 2.48. The Hall–Kier alpha value is -2.94. The number of hydrogen-bond donors (Lipinski definition) is 3. The average Bonchev–Trinajstić information content (AvgIpc) is 3.32. The van der Waals surface area contributed by atoms with Gasteiger partial charge in [-0.25, -0.2) is 4.39 Å². The fourth-order valence-electron chi connectivity index (χ4n) is 5.81. The molecule has 0 unspecified atom stereocenters. The molecule has 5 rings (SSSR count). The van der Waals surface area contributed by atoms with Gasteiger partial charge in [-0.15, -0.1) is 0 Å². The summed E-state index contributed by atoms with van der Waals surface area (Å²) in [6.45, 7) is 5.06. The lowest BCUT2D eigenvalue weighted by molar-refractivity contribution is -0.129. The quantitative estimate of drug-likeness (QED) is 0.541. The number of amides is 3. The van der Waals surface area contributed by atoms with Crippen LogP contribution in [0.4, 0.5) is 4.39 Å². The van der Waals surface area contributed by atoms with Gasteiger partial charge in [0, 0.05) is 24.4 Å². The first-order valence-electron chi connectivity index (χ1n) is 11.4. The largest absolute Gasteiger partial charge is 0.356 e. The molecule has 1 aromatic heterocycles. The van der Waals surface area contributed by atoms with E-state index in [4.69, 9.17) is 11.6 Å². The van der Waals surface area contributed by atoms with Crippen LogP contribution in [-0.4, -0.2) is 59.1 Å². The molecule has 1 aromatic carbocycles. The molecular formula is C24H26ClFN4O4. The molecular weight excluding hydrogens is 463 g/mol. The van der Waals surface area contributed by atoms with Crippen molar-refractivity contribution in [2.45, 2.75) is 38.8 Å². The highest BCUT2D eigenvalue weighted by Crippen LogP contribution is 2.65. The second-order valence-electron chi connectivity index (χ2n) is 10.1. The fourth-order valence-corrected chi connectivity index (χ4v) is 6.02. The van der Waals surface area contributed by atoms with Gasteiger partial charge in [0.25, 0.3) is 5.91 Å². The summed E-state index contributed by atoms with van der Waals surface area (Å²) >= 11 is 6.16. The Morgan fingerprint density at radius 3 is 2.79 bits per heavy atom. The number of rotatable bonds is 6. The molecule has 3 fully saturated rings. The van der Waals surface area contributed by atoms with Gasteiger partial charge in [0.2, 0.25) is 11.8 Å². The Morgan fingerprint density at radius 1 is 1.38 bits per heavy atom. The first kappa shape index (κ1) is 22.8. The molecule has 2 aliphatic heterocycles. The minimum Gasteiger partial charge on any atom is -0.356 e. The standard InChI is InChI=1S/C24H26ClFN4O4/c1-24(2)14-9-30(23(34)17-8-13-16(26)4-3-15(25)19(13)29-17)20(18(14)24)22(33)28-12(10-31)7-11-5-6-27-21(11)32/h3-4,8,10-12,14,18,20,29H,5-7,9H2,1-2H3,(H,27,32)(H,28,33)/t11-,12-,14-,18-,20-/m0/s1. The summed E-state index contributed by atoms with van der Waals surface area (Å²) in [5.41, 5.74) is 0.358. The van der Waals surface area contributed by atoms with Crippen LogP contribution in [0.5, 0.6) is 0 Å². The third-order valence-electron chi connectivity index (χ3n) is 7.85. The molecule has 34 heavy (non-hydrogen) atoms. The van der Waals surface area contributed by atoms with E-state index < -0.39 is 29.7 Å². The molecule has 0 spiro atoms. The topological polar surface area (TPSA) is 111 Å². The molecule has 1 saturated carbocycles. The minimum absolute atomic E-state index is 0.0526. The van der Waals surface area contributed by atoms with Gasteiger partial charge in [-0.3, -0.25) is 14.4 Å². The Morgan fingerprint density at radius 2 is 2.15 bits per heavy atom. The van der Waals surface area contributed by atoms with Crippen LogP contribution in [0.15, 0.2) is 18.2 Å². The highest BCUT2D eigenvalue weighted by Gasteiger charge is 2.69. The van der Waals surface area contributed by atoms with Crippen LogP contribution in [0.3, 0.4) is 0 Å². The molecule has 3 N–H and O–H groups in total. The number of nitrogens with zero attached hydrogens (tertiary/aromatic N) is 1. The fraction of sp³-hybridized carbons (Fsp3) is 0.500. The molecule has 8 nitrogen and oxygen atoms in total. The van der Waals surface area contributed by atoms with E-state index in [9.17, 15) is 23.6 Å². The molecule has 2 saturated heterocycles. The zero-order valence-electron chi connectivity index (χ0n) is 18.9. The summed E-state index contributed by atoms with van der Waals surface area (Å²) in [5.74, 6) is -1.69. The van der Waals surface area contributed by atoms with Crippen molar-refractivity contribution in [3.8, 4) is 0 Å². The normalized spacial score (nSPS) is 27.9. The predicted octanol–water partition coefficient (Wildman–Crippen LogP) is 2.27. The number of piperidine rings is 1. The second-order valence-corrected chi connectivity index (χ2v) is 10.5. The number of H-pyrrole nitrogens is 1. The number of aromatic nitrogens is 1. The lowest BCUT2D eigenvalue weighted by Crippen LogP contribution is -2.52. The van der Waals surface area contributed by atoms with Crippen molar-refractivity contribution >= 4 is 46.5 Å². The van der Waals surface area contributed by atoms with E-state index in [0.29, 0.717) is 36.3 Å². The summed E-state index contributed by atoms with van der Waals surface area (Å²) in [6.07, 6.45) is 1.48. The van der Waals surface area contributed by atoms with Crippen LogP contribution >= 0.6 is 11.6 Å². The van der Waals surface area contributed by atoms with E-state index in [0.717, 1.165) is 0 Å². The molecule has 3 aliphatic rings. The number of likely N-dealkylation sites (tertiary alicyclic amines) is 1. The van der Waals surface area contributed by atoms with E-state index in [1.165, 1.54) is 23.1 Å². The first-order chi connectivity index (χ1) is 16.1. The van der Waals surface area contributed by atoms with E-state index >= 15 is 0 Å². The second kappa shape index (κ2) is 8.08. The lowest BCUT2D eigenvalue weighted by atomic mass is 9.97. The maximum Gasteiger partial charge on any atom is 0.271 e. The number of nitrogens with one attached hydrogen (secondary N) is 3. The molecule has 0 bridgehead atoms. The zero-order chi connectivity index (χ0) is 24.4. The molecule has 10 heteroatoms. The van der Waals surface area contributed by atoms with Crippen molar-refractivity contribution in [3.63, 3.8) is 0 Å². The van der Waals surface area contributed by atoms with Gasteiger partial charge in [-0.05, 0) is 48.3 Å². The highest BCUT2D eigenvalue weighted by atomic mass is 35.5. The van der Waals surface area contributed by atoms with Crippen molar-refractivity contribution in [1.82, 2.24) is 20.5 Å². The maximum absolute atomic E-state index is 14.2. The van der Waals surface area contributed by atoms with Crippen LogP contribution < -0.4 is 10.6 Å². The van der Waals surface area contributed by atoms with E-state index in [2.05, 4.69) is 29.5 Å². The number of fused-ring (bicyclic) bond motifs is 2. The van der Waals surface area contributed by atoms with Crippen molar-refractivity contribution in [2.75, 3.05) is 13.1 Å². The molecule has 0 radical (unpaired) electrons. The number of halogens is 2. The third-order valence-corrected chi connectivity index (χ3v) is 8.17. The van der Waals surface area contributed by atoms with Gasteiger partial charge >= 0.3 is 0 Å². The monoisotopic (exact) mass is 488 g/mol. The Balaban J connectivity index is 1.38. The van der Waals surface area contributed by atoms with Crippen LogP contribution in [0.2, 0.25) is 5.02 Å². The summed E-state index contributed by atoms with van der Waals surface area (Å²) in [4.78, 5) is 54.8. The number of aromatic amines is 1. The molecule has 3 heterocycles. The molecule has 180 valence electrons. The highest BCUT2D eigenvalue weighted by molar-refractivity contribution is 6.35. The van der Waals surface area contributed by atoms with Crippen LogP contribution in [0.1, 0.15) is 37.2 Å². The van der Waals surface area contributed by atoms with Crippen LogP contribution in [0, 0.1) is 29.0 Å². The van der Waals surface area contributed by atoms with Crippen LogP contribution in [-0.2, 0) is 14.4 Å². The van der Waals surface area contributed by atoms with Crippen molar-refractivity contribution in [3.05, 3.63) is 34.7 Å². The average molecular weight is 489 g/mol. The Kier molecular flexibility index (Phi) is 5.42. The summed E-state index contributed by atoms with van der Waals surface area (Å²) in [7, 11) is 0. The first-order valence-corrected chi connectivity index (χ1v) is 11.8. The number of hydrogen-bond acceptors (Lipinski definition) is 4. The van der Waals surface area contributed by atoms with Gasteiger partial charge in [0.15, 0.2) is 0 Å². The number of carbonyl (C=O) groups excluding carboxylic acids is 4. The Bertz CT molecular complexity index is 1170. The molecule has 3 amide bonds. The van der Waals surface area contributed by atoms with Crippen LogP contribution in [0.25, 0.3) is 10.9 Å². The van der Waals surface area contributed by atoms with Crippen molar-refractivity contribution in [2.24, 2.45) is 23.2 Å². The SMILES string of the molecule is CC1(C)[C@@H]2[C@@H](C(=O)N[C@H](C=O)C[C@@H]3CCNC3=O)N(C(=O)c3cc4c(F)ccc(Cl)c4[nH]3)C[C@@H]21. The number of aldehydes is 1. The van der Waals surface area contributed by atoms with E-state index in [1.54, 1.807) is 0 Å². The van der Waals surface area contributed by atoms with Gasteiger partial charge in [0.05, 0.1) is 16.6 Å². The molecule has 5 atom stereocenters. The zero-order valence-corrected chi connectivity index (χ0v) is 19.6. The minimum atomic E-state index is -0.819. The maximum atomic E-state index is 14.2. The van der Waals surface area contributed by atoms with Crippen molar-refractivity contribution < 1.29 is 23.6 Å². The molecule has 2 aromatic rings. The predicted molar refractivity (Wildman–Crippen MR) is 123 cm³/mol. The summed E-state index contributed by atoms with van der Waals surface area (Å²) in [5, 5.41) is 5.99. The van der Waals surface area contributed by atoms with Gasteiger partial charge < -0.3 is 25.3 Å². The Labute approximate surface area is 200 Å². The summed E-state index contributed by atoms with van der Waals surface area (Å²) < 4.78 is 14.2. The third kappa shape index (κ3) is 3.57. The van der Waals surface area contributed by atoms with Gasteiger partial charge in [-0.1, -0.05) is 25.4 Å². The van der Waals surface area contributed by atoms with E-state index in [1.807, 2.05) is 0 Å². The van der Waals surface area contributed by atoms with Gasteiger partial charge in [-0.2, -0.15) is 0 Å².